The minimum Gasteiger partial charge on any atom is -0.497 e. The summed E-state index contributed by atoms with van der Waals surface area (Å²) in [6, 6.07) is 13.9. The lowest BCUT2D eigenvalue weighted by atomic mass is 10.1. The Kier molecular flexibility index (Phi) is 6.45. The summed E-state index contributed by atoms with van der Waals surface area (Å²) in [5.41, 5.74) is 3.54. The molecule has 0 saturated carbocycles. The second-order valence-electron chi connectivity index (χ2n) is 6.73. The van der Waals surface area contributed by atoms with Crippen LogP contribution in [0.5, 0.6) is 5.75 Å². The van der Waals surface area contributed by atoms with E-state index in [1.54, 1.807) is 7.11 Å². The molecule has 1 saturated heterocycles. The van der Waals surface area contributed by atoms with Gasteiger partial charge in [0.1, 0.15) is 5.75 Å². The van der Waals surface area contributed by atoms with Gasteiger partial charge in [0.05, 0.1) is 7.11 Å². The van der Waals surface area contributed by atoms with E-state index in [0.717, 1.165) is 36.0 Å². The quantitative estimate of drug-likeness (QED) is 0.850. The first-order valence-electron chi connectivity index (χ1n) is 9.23. The summed E-state index contributed by atoms with van der Waals surface area (Å²) in [7, 11) is 1.66. The van der Waals surface area contributed by atoms with Crippen molar-refractivity contribution < 1.29 is 9.53 Å². The molecule has 0 atom stereocenters. The first kappa shape index (κ1) is 19.4. The molecule has 5 nitrogen and oxygen atoms in total. The van der Waals surface area contributed by atoms with Gasteiger partial charge in [-0.2, -0.15) is 0 Å². The predicted octanol–water partition coefficient (Wildman–Crippen LogP) is 3.73. The molecule has 27 heavy (non-hydrogen) atoms. The van der Waals surface area contributed by atoms with Gasteiger partial charge in [-0.3, -0.25) is 0 Å². The topological polar surface area (TPSA) is 44.8 Å². The van der Waals surface area contributed by atoms with Gasteiger partial charge in [0, 0.05) is 43.4 Å². The largest absolute Gasteiger partial charge is 0.497 e. The van der Waals surface area contributed by atoms with Crippen LogP contribution < -0.4 is 15.0 Å². The molecule has 6 heteroatoms. The molecule has 1 aliphatic rings. The number of carbonyl (C=O) groups excluding carboxylic acids is 1. The third-order valence-electron chi connectivity index (χ3n) is 4.93. The molecule has 2 amide bonds. The Morgan fingerprint density at radius 1 is 1.11 bits per heavy atom. The lowest BCUT2D eigenvalue weighted by Gasteiger charge is -2.36. The van der Waals surface area contributed by atoms with Gasteiger partial charge in [0.2, 0.25) is 0 Å². The van der Waals surface area contributed by atoms with Gasteiger partial charge < -0.3 is 19.9 Å². The highest BCUT2D eigenvalue weighted by atomic mass is 35.5. The normalized spacial score (nSPS) is 14.2. The zero-order valence-electron chi connectivity index (χ0n) is 15.9. The number of urea groups is 1. The molecule has 3 rings (SSSR count). The second kappa shape index (κ2) is 9.00. The molecule has 0 radical (unpaired) electrons. The average Bonchev–Trinajstić information content (AvgIpc) is 2.70. The van der Waals surface area contributed by atoms with Gasteiger partial charge in [-0.1, -0.05) is 29.8 Å². The van der Waals surface area contributed by atoms with Crippen molar-refractivity contribution in [3.8, 4) is 5.75 Å². The lowest BCUT2D eigenvalue weighted by molar-refractivity contribution is 0.194. The lowest BCUT2D eigenvalue weighted by Crippen LogP contribution is -2.52. The fraction of sp³-hybridized carbons (Fsp3) is 0.381. The standard InChI is InChI=1S/C21H26ClN3O2/c1-16-3-6-18(22)15-20(16)24-11-13-25(14-12-24)21(26)23-10-9-17-4-7-19(27-2)8-5-17/h3-8,15H,9-14H2,1-2H3,(H,23,26). The summed E-state index contributed by atoms with van der Waals surface area (Å²) in [4.78, 5) is 16.6. The smallest absolute Gasteiger partial charge is 0.317 e. The van der Waals surface area contributed by atoms with Crippen LogP contribution in [0, 0.1) is 6.92 Å². The molecule has 2 aromatic rings. The Morgan fingerprint density at radius 2 is 1.81 bits per heavy atom. The van der Waals surface area contributed by atoms with E-state index in [2.05, 4.69) is 17.1 Å². The zero-order valence-corrected chi connectivity index (χ0v) is 16.6. The number of nitrogens with zero attached hydrogens (tertiary/aromatic N) is 2. The maximum absolute atomic E-state index is 12.4. The summed E-state index contributed by atoms with van der Waals surface area (Å²) in [5, 5.41) is 3.77. The molecular weight excluding hydrogens is 362 g/mol. The summed E-state index contributed by atoms with van der Waals surface area (Å²) in [6.45, 7) is 5.75. The number of hydrogen-bond donors (Lipinski definition) is 1. The van der Waals surface area contributed by atoms with Crippen LogP contribution in [0.25, 0.3) is 0 Å². The van der Waals surface area contributed by atoms with E-state index in [4.69, 9.17) is 16.3 Å². The Hall–Kier alpha value is -2.40. The molecule has 0 aromatic heterocycles. The SMILES string of the molecule is COc1ccc(CCNC(=O)N2CCN(c3cc(Cl)ccc3C)CC2)cc1. The third-order valence-corrected chi connectivity index (χ3v) is 5.16. The van der Waals surface area contributed by atoms with Crippen molar-refractivity contribution in [2.24, 2.45) is 0 Å². The Balaban J connectivity index is 1.44. The highest BCUT2D eigenvalue weighted by molar-refractivity contribution is 6.30. The van der Waals surface area contributed by atoms with Gasteiger partial charge in [0.15, 0.2) is 0 Å². The number of anilines is 1. The molecule has 2 aromatic carbocycles. The number of aryl methyl sites for hydroxylation is 1. The molecule has 0 spiro atoms. The van der Waals surface area contributed by atoms with Gasteiger partial charge in [-0.15, -0.1) is 0 Å². The molecule has 0 bridgehead atoms. The van der Waals surface area contributed by atoms with Crippen molar-refractivity contribution in [2.75, 3.05) is 44.7 Å². The second-order valence-corrected chi connectivity index (χ2v) is 7.17. The fourth-order valence-corrected chi connectivity index (χ4v) is 3.46. The monoisotopic (exact) mass is 387 g/mol. The van der Waals surface area contributed by atoms with E-state index in [1.165, 1.54) is 11.1 Å². The van der Waals surface area contributed by atoms with Crippen LogP contribution in [-0.2, 0) is 6.42 Å². The van der Waals surface area contributed by atoms with Crippen LogP contribution in [0.15, 0.2) is 42.5 Å². The van der Waals surface area contributed by atoms with Crippen molar-refractivity contribution in [1.82, 2.24) is 10.2 Å². The molecular formula is C21H26ClN3O2. The summed E-state index contributed by atoms with van der Waals surface area (Å²) < 4.78 is 5.16. The van der Waals surface area contributed by atoms with E-state index in [0.29, 0.717) is 19.6 Å². The number of methoxy groups -OCH3 is 1. The molecule has 1 aliphatic heterocycles. The minimum absolute atomic E-state index is 0.00553. The van der Waals surface area contributed by atoms with Crippen molar-refractivity contribution in [3.63, 3.8) is 0 Å². The van der Waals surface area contributed by atoms with Crippen LogP contribution in [0.3, 0.4) is 0 Å². The Labute approximate surface area is 165 Å². The van der Waals surface area contributed by atoms with Crippen LogP contribution in [-0.4, -0.2) is 50.8 Å². The highest BCUT2D eigenvalue weighted by Gasteiger charge is 2.22. The molecule has 1 N–H and O–H groups in total. The summed E-state index contributed by atoms with van der Waals surface area (Å²) in [5.74, 6) is 0.843. The number of carbonyl (C=O) groups is 1. The Bertz CT molecular complexity index is 771. The van der Waals surface area contributed by atoms with E-state index >= 15 is 0 Å². The number of rotatable bonds is 5. The Morgan fingerprint density at radius 3 is 2.48 bits per heavy atom. The van der Waals surface area contributed by atoms with E-state index in [-0.39, 0.29) is 6.03 Å². The van der Waals surface area contributed by atoms with Crippen LogP contribution in [0.1, 0.15) is 11.1 Å². The highest BCUT2D eigenvalue weighted by Crippen LogP contribution is 2.25. The summed E-state index contributed by atoms with van der Waals surface area (Å²) >= 11 is 6.13. The molecule has 1 heterocycles. The number of ether oxygens (including phenoxy) is 1. The van der Waals surface area contributed by atoms with E-state index in [9.17, 15) is 4.79 Å². The van der Waals surface area contributed by atoms with Crippen molar-refractivity contribution in [2.45, 2.75) is 13.3 Å². The van der Waals surface area contributed by atoms with Crippen molar-refractivity contribution in [1.29, 1.82) is 0 Å². The maximum atomic E-state index is 12.4. The van der Waals surface area contributed by atoms with Gasteiger partial charge in [-0.25, -0.2) is 4.79 Å². The number of piperazine rings is 1. The van der Waals surface area contributed by atoms with Crippen molar-refractivity contribution >= 4 is 23.3 Å². The number of amides is 2. The van der Waals surface area contributed by atoms with Crippen LogP contribution in [0.4, 0.5) is 10.5 Å². The summed E-state index contributed by atoms with van der Waals surface area (Å²) in [6.07, 6.45) is 0.803. The maximum Gasteiger partial charge on any atom is 0.317 e. The van der Waals surface area contributed by atoms with Crippen LogP contribution in [0.2, 0.25) is 5.02 Å². The van der Waals surface area contributed by atoms with Crippen molar-refractivity contribution in [3.05, 3.63) is 58.6 Å². The van der Waals surface area contributed by atoms with E-state index in [1.807, 2.05) is 47.4 Å². The molecule has 144 valence electrons. The number of benzene rings is 2. The zero-order chi connectivity index (χ0) is 19.2. The molecule has 1 fully saturated rings. The molecule has 0 unspecified atom stereocenters. The van der Waals surface area contributed by atoms with Gasteiger partial charge >= 0.3 is 6.03 Å². The average molecular weight is 388 g/mol. The minimum atomic E-state index is 0.00553. The fourth-order valence-electron chi connectivity index (χ4n) is 3.29. The van der Waals surface area contributed by atoms with Crippen LogP contribution >= 0.6 is 11.6 Å². The number of halogens is 1. The first-order valence-corrected chi connectivity index (χ1v) is 9.61. The van der Waals surface area contributed by atoms with Gasteiger partial charge in [0.25, 0.3) is 0 Å². The predicted molar refractivity (Wildman–Crippen MR) is 110 cm³/mol. The third kappa shape index (κ3) is 5.07. The first-order chi connectivity index (χ1) is 13.1. The number of nitrogens with one attached hydrogen (secondary N) is 1. The molecule has 0 aliphatic carbocycles. The number of hydrogen-bond acceptors (Lipinski definition) is 3. The van der Waals surface area contributed by atoms with Gasteiger partial charge in [-0.05, 0) is 48.7 Å². The van der Waals surface area contributed by atoms with E-state index < -0.39 is 0 Å².